The summed E-state index contributed by atoms with van der Waals surface area (Å²) < 4.78 is 5.63. The third-order valence-electron chi connectivity index (χ3n) is 4.19. The van der Waals surface area contributed by atoms with Gasteiger partial charge in [-0.15, -0.1) is 11.3 Å². The van der Waals surface area contributed by atoms with E-state index in [4.69, 9.17) is 16.3 Å². The molecule has 0 radical (unpaired) electrons. The molecule has 0 bridgehead atoms. The summed E-state index contributed by atoms with van der Waals surface area (Å²) in [5.41, 5.74) is -0.565. The summed E-state index contributed by atoms with van der Waals surface area (Å²) in [6.07, 6.45) is 1.71. The SMILES string of the molecule is Cc1nc(COc2ccc(Cl)cc2)sc1C(=O)NC1(C(=O)O)CCC1. The van der Waals surface area contributed by atoms with Gasteiger partial charge >= 0.3 is 5.97 Å². The molecule has 6 nitrogen and oxygen atoms in total. The van der Waals surface area contributed by atoms with Gasteiger partial charge in [0.15, 0.2) is 0 Å². The Kier molecular flexibility index (Phi) is 4.96. The number of benzene rings is 1. The molecular formula is C17H17ClN2O4S. The lowest BCUT2D eigenvalue weighted by atomic mass is 9.76. The highest BCUT2D eigenvalue weighted by molar-refractivity contribution is 7.13. The van der Waals surface area contributed by atoms with E-state index in [1.54, 1.807) is 31.2 Å². The number of aryl methyl sites for hydroxylation is 1. The van der Waals surface area contributed by atoms with E-state index in [1.165, 1.54) is 11.3 Å². The second-order valence-electron chi connectivity index (χ2n) is 5.96. The molecule has 0 aliphatic heterocycles. The Balaban J connectivity index is 1.66. The fourth-order valence-corrected chi connectivity index (χ4v) is 3.60. The molecule has 0 spiro atoms. The lowest BCUT2D eigenvalue weighted by Crippen LogP contribution is -2.59. The second-order valence-corrected chi connectivity index (χ2v) is 7.48. The second kappa shape index (κ2) is 7.01. The van der Waals surface area contributed by atoms with E-state index < -0.39 is 17.4 Å². The maximum absolute atomic E-state index is 12.4. The number of thiazole rings is 1. The number of carboxylic acids is 1. The Morgan fingerprint density at radius 2 is 2.04 bits per heavy atom. The van der Waals surface area contributed by atoms with Crippen molar-refractivity contribution in [3.63, 3.8) is 0 Å². The van der Waals surface area contributed by atoms with Gasteiger partial charge in [-0.1, -0.05) is 11.6 Å². The van der Waals surface area contributed by atoms with Crippen LogP contribution in [0.5, 0.6) is 5.75 Å². The zero-order valence-electron chi connectivity index (χ0n) is 13.5. The van der Waals surface area contributed by atoms with Crippen LogP contribution >= 0.6 is 22.9 Å². The van der Waals surface area contributed by atoms with Crippen LogP contribution in [0.2, 0.25) is 5.02 Å². The van der Waals surface area contributed by atoms with Crippen LogP contribution in [0.25, 0.3) is 0 Å². The largest absolute Gasteiger partial charge is 0.486 e. The normalized spacial score (nSPS) is 15.3. The maximum Gasteiger partial charge on any atom is 0.329 e. The quantitative estimate of drug-likeness (QED) is 0.801. The van der Waals surface area contributed by atoms with Gasteiger partial charge in [-0.3, -0.25) is 4.79 Å². The summed E-state index contributed by atoms with van der Waals surface area (Å²) in [6.45, 7) is 1.95. The minimum atomic E-state index is -1.13. The number of rotatable bonds is 6. The van der Waals surface area contributed by atoms with Crippen molar-refractivity contribution < 1.29 is 19.4 Å². The number of carbonyl (C=O) groups excluding carboxylic acids is 1. The third-order valence-corrected chi connectivity index (χ3v) is 5.57. The van der Waals surface area contributed by atoms with Gasteiger partial charge in [-0.25, -0.2) is 9.78 Å². The zero-order chi connectivity index (χ0) is 18.0. The molecule has 1 fully saturated rings. The van der Waals surface area contributed by atoms with Crippen molar-refractivity contribution in [1.82, 2.24) is 10.3 Å². The highest BCUT2D eigenvalue weighted by atomic mass is 35.5. The van der Waals surface area contributed by atoms with Crippen molar-refractivity contribution >= 4 is 34.8 Å². The summed E-state index contributed by atoms with van der Waals surface area (Å²) in [5, 5.41) is 13.3. The molecule has 8 heteroatoms. The Hall–Kier alpha value is -2.12. The summed E-state index contributed by atoms with van der Waals surface area (Å²) >= 11 is 7.04. The number of hydrogen-bond donors (Lipinski definition) is 2. The number of aromatic nitrogens is 1. The van der Waals surface area contributed by atoms with Gasteiger partial charge in [-0.05, 0) is 50.5 Å². The summed E-state index contributed by atoms with van der Waals surface area (Å²) in [5.74, 6) is -0.724. The Bertz CT molecular complexity index is 799. The predicted octanol–water partition coefficient (Wildman–Crippen LogP) is 3.42. The maximum atomic E-state index is 12.4. The number of carbonyl (C=O) groups is 2. The Morgan fingerprint density at radius 1 is 1.36 bits per heavy atom. The standard InChI is InChI=1S/C17H17ClN2O4S/c1-10-14(15(21)20-17(16(22)23)7-2-8-17)25-13(19-10)9-24-12-5-3-11(18)4-6-12/h3-6H,2,7-9H2,1H3,(H,20,21)(H,22,23). The van der Waals surface area contributed by atoms with E-state index in [-0.39, 0.29) is 6.61 Å². The first-order chi connectivity index (χ1) is 11.9. The molecule has 1 aromatic carbocycles. The van der Waals surface area contributed by atoms with Crippen molar-refractivity contribution in [2.75, 3.05) is 0 Å². The van der Waals surface area contributed by atoms with Gasteiger partial charge in [0, 0.05) is 5.02 Å². The first-order valence-corrected chi connectivity index (χ1v) is 9.00. The molecule has 1 amide bonds. The Labute approximate surface area is 153 Å². The molecule has 1 aliphatic carbocycles. The molecule has 1 heterocycles. The van der Waals surface area contributed by atoms with Gasteiger partial charge in [-0.2, -0.15) is 0 Å². The van der Waals surface area contributed by atoms with Crippen LogP contribution in [-0.2, 0) is 11.4 Å². The van der Waals surface area contributed by atoms with E-state index in [2.05, 4.69) is 10.3 Å². The molecule has 1 aliphatic rings. The smallest absolute Gasteiger partial charge is 0.329 e. The number of hydrogen-bond acceptors (Lipinski definition) is 5. The van der Waals surface area contributed by atoms with E-state index in [9.17, 15) is 14.7 Å². The number of nitrogens with one attached hydrogen (secondary N) is 1. The molecule has 1 saturated carbocycles. The molecular weight excluding hydrogens is 364 g/mol. The van der Waals surface area contributed by atoms with E-state index in [0.717, 1.165) is 6.42 Å². The molecule has 132 valence electrons. The minimum absolute atomic E-state index is 0.227. The van der Waals surface area contributed by atoms with Gasteiger partial charge in [0.1, 0.15) is 27.8 Å². The van der Waals surface area contributed by atoms with Crippen LogP contribution in [0.4, 0.5) is 0 Å². The fraction of sp³-hybridized carbons (Fsp3) is 0.353. The lowest BCUT2D eigenvalue weighted by Gasteiger charge is -2.38. The van der Waals surface area contributed by atoms with E-state index in [0.29, 0.717) is 39.2 Å². The average Bonchev–Trinajstić information content (AvgIpc) is 2.91. The highest BCUT2D eigenvalue weighted by Crippen LogP contribution is 2.33. The minimum Gasteiger partial charge on any atom is -0.486 e. The van der Waals surface area contributed by atoms with Crippen molar-refractivity contribution in [3.05, 3.63) is 44.9 Å². The van der Waals surface area contributed by atoms with Gasteiger partial charge < -0.3 is 15.2 Å². The van der Waals surface area contributed by atoms with Crippen LogP contribution < -0.4 is 10.1 Å². The number of amides is 1. The first-order valence-electron chi connectivity index (χ1n) is 7.80. The van der Waals surface area contributed by atoms with Crippen molar-refractivity contribution in [2.45, 2.75) is 38.3 Å². The molecule has 3 rings (SSSR count). The highest BCUT2D eigenvalue weighted by Gasteiger charge is 2.46. The molecule has 2 N–H and O–H groups in total. The van der Waals surface area contributed by atoms with Crippen molar-refractivity contribution in [3.8, 4) is 5.75 Å². The fourth-order valence-electron chi connectivity index (χ4n) is 2.60. The molecule has 0 atom stereocenters. The summed E-state index contributed by atoms with van der Waals surface area (Å²) in [6, 6.07) is 6.97. The molecule has 0 saturated heterocycles. The summed E-state index contributed by atoms with van der Waals surface area (Å²) in [7, 11) is 0. The van der Waals surface area contributed by atoms with E-state index in [1.807, 2.05) is 0 Å². The van der Waals surface area contributed by atoms with E-state index >= 15 is 0 Å². The molecule has 25 heavy (non-hydrogen) atoms. The monoisotopic (exact) mass is 380 g/mol. The Morgan fingerprint density at radius 3 is 2.60 bits per heavy atom. The summed E-state index contributed by atoms with van der Waals surface area (Å²) in [4.78, 5) is 28.6. The van der Waals surface area contributed by atoms with Crippen LogP contribution in [0, 0.1) is 6.92 Å². The van der Waals surface area contributed by atoms with Crippen LogP contribution in [0.3, 0.4) is 0 Å². The number of halogens is 1. The third kappa shape index (κ3) is 3.77. The van der Waals surface area contributed by atoms with Gasteiger partial charge in [0.05, 0.1) is 5.69 Å². The molecule has 1 aromatic heterocycles. The number of nitrogens with zero attached hydrogens (tertiary/aromatic N) is 1. The lowest BCUT2D eigenvalue weighted by molar-refractivity contribution is -0.148. The average molecular weight is 381 g/mol. The predicted molar refractivity (Wildman–Crippen MR) is 94.3 cm³/mol. The van der Waals surface area contributed by atoms with Gasteiger partial charge in [0.25, 0.3) is 5.91 Å². The van der Waals surface area contributed by atoms with Gasteiger partial charge in [0.2, 0.25) is 0 Å². The molecule has 2 aromatic rings. The number of carboxylic acid groups (broad SMARTS) is 1. The zero-order valence-corrected chi connectivity index (χ0v) is 15.1. The molecule has 0 unspecified atom stereocenters. The van der Waals surface area contributed by atoms with Crippen LogP contribution in [0.15, 0.2) is 24.3 Å². The van der Waals surface area contributed by atoms with Crippen LogP contribution in [-0.4, -0.2) is 27.5 Å². The van der Waals surface area contributed by atoms with Crippen molar-refractivity contribution in [2.24, 2.45) is 0 Å². The van der Waals surface area contributed by atoms with Crippen LogP contribution in [0.1, 0.15) is 39.6 Å². The topological polar surface area (TPSA) is 88.5 Å². The van der Waals surface area contributed by atoms with Crippen molar-refractivity contribution in [1.29, 1.82) is 0 Å². The first kappa shape index (κ1) is 17.7. The number of ether oxygens (including phenoxy) is 1. The number of aliphatic carboxylic acids is 1.